The van der Waals surface area contributed by atoms with Gasteiger partial charge in [-0.15, -0.1) is 0 Å². The second-order valence-electron chi connectivity index (χ2n) is 8.05. The van der Waals surface area contributed by atoms with E-state index in [1.807, 2.05) is 43.3 Å². The minimum atomic E-state index is -0.388. The number of aryl methyl sites for hydroxylation is 1. The van der Waals surface area contributed by atoms with Gasteiger partial charge in [-0.25, -0.2) is 4.68 Å². The van der Waals surface area contributed by atoms with E-state index in [-0.39, 0.29) is 23.9 Å². The van der Waals surface area contributed by atoms with Crippen LogP contribution >= 0.6 is 0 Å². The highest BCUT2D eigenvalue weighted by Gasteiger charge is 2.15. The van der Waals surface area contributed by atoms with Crippen molar-refractivity contribution < 1.29 is 9.59 Å². The van der Waals surface area contributed by atoms with Gasteiger partial charge in [-0.2, -0.15) is 5.10 Å². The van der Waals surface area contributed by atoms with Gasteiger partial charge in [0.05, 0.1) is 11.1 Å². The number of hydrogen-bond acceptors (Lipinski definition) is 4. The monoisotopic (exact) mass is 440 g/mol. The summed E-state index contributed by atoms with van der Waals surface area (Å²) in [6.07, 6.45) is 0. The Morgan fingerprint density at radius 3 is 2.18 bits per heavy atom. The predicted molar refractivity (Wildman–Crippen MR) is 129 cm³/mol. The number of carbonyl (C=O) groups is 2. The van der Waals surface area contributed by atoms with E-state index in [0.29, 0.717) is 22.3 Å². The van der Waals surface area contributed by atoms with Gasteiger partial charge in [-0.3, -0.25) is 14.4 Å². The zero-order valence-electron chi connectivity index (χ0n) is 18.7. The van der Waals surface area contributed by atoms with Crippen molar-refractivity contribution in [3.8, 4) is 11.3 Å². The first kappa shape index (κ1) is 22.0. The summed E-state index contributed by atoms with van der Waals surface area (Å²) in [4.78, 5) is 39.2. The molecule has 33 heavy (non-hydrogen) atoms. The number of amides is 2. The highest BCUT2D eigenvalue weighted by atomic mass is 16.2. The van der Waals surface area contributed by atoms with Gasteiger partial charge in [0.1, 0.15) is 6.54 Å². The Labute approximate surface area is 191 Å². The van der Waals surface area contributed by atoms with Crippen LogP contribution < -0.4 is 10.9 Å². The fraction of sp³-hybridized carbons (Fsp3) is 0.154. The van der Waals surface area contributed by atoms with E-state index in [1.54, 1.807) is 50.5 Å². The smallest absolute Gasteiger partial charge is 0.275 e. The summed E-state index contributed by atoms with van der Waals surface area (Å²) >= 11 is 0. The summed E-state index contributed by atoms with van der Waals surface area (Å²) in [6.45, 7) is 1.77. The third-order valence-corrected chi connectivity index (χ3v) is 5.31. The van der Waals surface area contributed by atoms with Crippen molar-refractivity contribution in [2.45, 2.75) is 13.5 Å². The van der Waals surface area contributed by atoms with Crippen molar-refractivity contribution in [2.75, 3.05) is 19.4 Å². The molecule has 0 bridgehead atoms. The SMILES string of the molecule is Cc1ccc(-c2nn(CC(=O)Nc3ccc(C(=O)N(C)C)cc3)c(=O)c3ccccc23)cc1. The molecule has 3 aromatic carbocycles. The Bertz CT molecular complexity index is 1390. The van der Waals surface area contributed by atoms with Crippen molar-refractivity contribution in [1.82, 2.24) is 14.7 Å². The van der Waals surface area contributed by atoms with E-state index in [2.05, 4.69) is 10.4 Å². The summed E-state index contributed by atoms with van der Waals surface area (Å²) in [5.74, 6) is -0.509. The summed E-state index contributed by atoms with van der Waals surface area (Å²) in [7, 11) is 3.36. The first-order chi connectivity index (χ1) is 15.8. The molecule has 0 aliphatic heterocycles. The van der Waals surface area contributed by atoms with Crippen LogP contribution in [0.25, 0.3) is 22.0 Å². The molecule has 7 heteroatoms. The zero-order valence-corrected chi connectivity index (χ0v) is 18.7. The maximum atomic E-state index is 13.0. The second kappa shape index (κ2) is 9.08. The van der Waals surface area contributed by atoms with Crippen molar-refractivity contribution >= 4 is 28.3 Å². The lowest BCUT2D eigenvalue weighted by Crippen LogP contribution is -2.30. The van der Waals surface area contributed by atoms with E-state index in [1.165, 1.54) is 9.58 Å². The molecule has 0 atom stereocenters. The lowest BCUT2D eigenvalue weighted by molar-refractivity contribution is -0.117. The molecular formula is C26H24N4O3. The zero-order chi connectivity index (χ0) is 23.5. The van der Waals surface area contributed by atoms with Crippen LogP contribution in [0, 0.1) is 6.92 Å². The number of nitrogens with one attached hydrogen (secondary N) is 1. The minimum absolute atomic E-state index is 0.122. The maximum Gasteiger partial charge on any atom is 0.275 e. The fourth-order valence-electron chi connectivity index (χ4n) is 3.56. The van der Waals surface area contributed by atoms with Crippen LogP contribution in [0.1, 0.15) is 15.9 Å². The largest absolute Gasteiger partial charge is 0.345 e. The fourth-order valence-corrected chi connectivity index (χ4v) is 3.56. The molecule has 0 radical (unpaired) electrons. The van der Waals surface area contributed by atoms with Gasteiger partial charge in [0, 0.05) is 36.3 Å². The van der Waals surface area contributed by atoms with E-state index in [4.69, 9.17) is 0 Å². The first-order valence-electron chi connectivity index (χ1n) is 10.5. The molecule has 0 aliphatic carbocycles. The molecule has 1 heterocycles. The molecule has 0 unspecified atom stereocenters. The molecule has 0 saturated heterocycles. The molecule has 7 nitrogen and oxygen atoms in total. The Balaban J connectivity index is 1.63. The van der Waals surface area contributed by atoms with Gasteiger partial charge in [0.2, 0.25) is 5.91 Å². The number of anilines is 1. The summed E-state index contributed by atoms with van der Waals surface area (Å²) in [6, 6.07) is 21.7. The standard InChI is InChI=1S/C26H24N4O3/c1-17-8-10-18(11-9-17)24-21-6-4-5-7-22(21)26(33)30(28-24)16-23(31)27-20-14-12-19(13-15-20)25(32)29(2)3/h4-15H,16H2,1-3H3,(H,27,31). The normalized spacial score (nSPS) is 10.8. The molecule has 4 aromatic rings. The third-order valence-electron chi connectivity index (χ3n) is 5.31. The topological polar surface area (TPSA) is 84.3 Å². The quantitative estimate of drug-likeness (QED) is 0.513. The highest BCUT2D eigenvalue weighted by Crippen LogP contribution is 2.25. The number of rotatable bonds is 5. The van der Waals surface area contributed by atoms with Crippen molar-refractivity contribution in [3.05, 3.63) is 94.3 Å². The number of aromatic nitrogens is 2. The van der Waals surface area contributed by atoms with Crippen molar-refractivity contribution in [3.63, 3.8) is 0 Å². The predicted octanol–water partition coefficient (Wildman–Crippen LogP) is 3.71. The Kier molecular flexibility index (Phi) is 6.04. The molecule has 0 saturated carbocycles. The molecule has 1 N–H and O–H groups in total. The molecule has 4 rings (SSSR count). The number of hydrogen-bond donors (Lipinski definition) is 1. The summed E-state index contributed by atoms with van der Waals surface area (Å²) < 4.78 is 1.19. The van der Waals surface area contributed by atoms with E-state index in [0.717, 1.165) is 16.5 Å². The molecule has 2 amide bonds. The Morgan fingerprint density at radius 2 is 1.55 bits per heavy atom. The third kappa shape index (κ3) is 4.67. The lowest BCUT2D eigenvalue weighted by atomic mass is 10.0. The lowest BCUT2D eigenvalue weighted by Gasteiger charge is -2.13. The van der Waals surface area contributed by atoms with E-state index >= 15 is 0 Å². The van der Waals surface area contributed by atoms with Crippen molar-refractivity contribution in [1.29, 1.82) is 0 Å². The van der Waals surface area contributed by atoms with Gasteiger partial charge in [0.25, 0.3) is 11.5 Å². The number of nitrogens with zero attached hydrogens (tertiary/aromatic N) is 3. The van der Waals surface area contributed by atoms with Gasteiger partial charge in [-0.1, -0.05) is 48.0 Å². The second-order valence-corrected chi connectivity index (χ2v) is 8.05. The number of carbonyl (C=O) groups excluding carboxylic acids is 2. The number of fused-ring (bicyclic) bond motifs is 1. The summed E-state index contributed by atoms with van der Waals surface area (Å²) in [5.41, 5.74) is 3.35. The van der Waals surface area contributed by atoms with E-state index in [9.17, 15) is 14.4 Å². The summed E-state index contributed by atoms with van der Waals surface area (Å²) in [5, 5.41) is 8.54. The molecule has 0 fully saturated rings. The molecule has 0 spiro atoms. The van der Waals surface area contributed by atoms with Crippen LogP contribution in [-0.2, 0) is 11.3 Å². The molecule has 1 aromatic heterocycles. The van der Waals surface area contributed by atoms with Gasteiger partial charge < -0.3 is 10.2 Å². The maximum absolute atomic E-state index is 13.0. The first-order valence-corrected chi connectivity index (χ1v) is 10.5. The van der Waals surface area contributed by atoms with Crippen LogP contribution in [0.15, 0.2) is 77.6 Å². The van der Waals surface area contributed by atoms with Crippen LogP contribution in [0.4, 0.5) is 5.69 Å². The average molecular weight is 441 g/mol. The van der Waals surface area contributed by atoms with Gasteiger partial charge in [0.15, 0.2) is 0 Å². The molecule has 0 aliphatic rings. The Morgan fingerprint density at radius 1 is 0.909 bits per heavy atom. The number of benzene rings is 3. The minimum Gasteiger partial charge on any atom is -0.345 e. The van der Waals surface area contributed by atoms with Crippen LogP contribution in [0.2, 0.25) is 0 Å². The van der Waals surface area contributed by atoms with E-state index < -0.39 is 0 Å². The van der Waals surface area contributed by atoms with Crippen molar-refractivity contribution in [2.24, 2.45) is 0 Å². The van der Waals surface area contributed by atoms with Gasteiger partial charge in [-0.05, 0) is 37.3 Å². The van der Waals surface area contributed by atoms with Gasteiger partial charge >= 0.3 is 0 Å². The van der Waals surface area contributed by atoms with Crippen LogP contribution in [0.5, 0.6) is 0 Å². The average Bonchev–Trinajstić information content (AvgIpc) is 2.81. The molecule has 166 valence electrons. The van der Waals surface area contributed by atoms with Crippen LogP contribution in [0.3, 0.4) is 0 Å². The Hall–Kier alpha value is -4.26. The molecular weight excluding hydrogens is 416 g/mol. The van der Waals surface area contributed by atoms with Crippen LogP contribution in [-0.4, -0.2) is 40.6 Å². The highest BCUT2D eigenvalue weighted by molar-refractivity contribution is 5.96.